The van der Waals surface area contributed by atoms with Gasteiger partial charge in [-0.15, -0.1) is 0 Å². The van der Waals surface area contributed by atoms with Crippen molar-refractivity contribution in [2.45, 2.75) is 4.90 Å². The number of fused-ring (bicyclic) bond motifs is 1. The lowest BCUT2D eigenvalue weighted by molar-refractivity contribution is -0.112. The van der Waals surface area contributed by atoms with E-state index in [1.807, 2.05) is 0 Å². The molecule has 1 aliphatic rings. The van der Waals surface area contributed by atoms with Gasteiger partial charge in [-0.1, -0.05) is 23.7 Å². The number of hydrogen-bond acceptors (Lipinski definition) is 5. The van der Waals surface area contributed by atoms with Crippen LogP contribution in [0.1, 0.15) is 11.1 Å². The first-order valence-corrected chi connectivity index (χ1v) is 8.94. The van der Waals surface area contributed by atoms with Gasteiger partial charge in [0.2, 0.25) is 9.84 Å². The van der Waals surface area contributed by atoms with E-state index >= 15 is 0 Å². The number of anilines is 1. The largest absolute Gasteiger partial charge is 0.321 e. The number of hydrogen-bond donors (Lipinski definition) is 1. The van der Waals surface area contributed by atoms with E-state index in [-0.39, 0.29) is 21.3 Å². The molecule has 124 valence electrons. The molecule has 0 radical (unpaired) electrons. The molecule has 1 aliphatic heterocycles. The van der Waals surface area contributed by atoms with Crippen molar-refractivity contribution in [3.63, 3.8) is 0 Å². The van der Waals surface area contributed by atoms with Gasteiger partial charge in [0.1, 0.15) is 16.8 Å². The van der Waals surface area contributed by atoms with Gasteiger partial charge in [-0.2, -0.15) is 5.26 Å². The monoisotopic (exact) mass is 371 g/mol. The predicted molar refractivity (Wildman–Crippen MR) is 94.1 cm³/mol. The van der Waals surface area contributed by atoms with Crippen molar-refractivity contribution in [3.05, 3.63) is 63.8 Å². The zero-order chi connectivity index (χ0) is 18.0. The molecule has 0 saturated heterocycles. The summed E-state index contributed by atoms with van der Waals surface area (Å²) in [4.78, 5) is 16.3. The van der Waals surface area contributed by atoms with Gasteiger partial charge in [-0.05, 0) is 35.9 Å². The SMILES string of the molecule is N#CC(=Cc1cccnc1Cl)C(=O)Nc1ccc2c(c1)S(=O)(=O)C=C2. The average molecular weight is 372 g/mol. The number of sulfone groups is 1. The van der Waals surface area contributed by atoms with E-state index in [9.17, 15) is 18.5 Å². The highest BCUT2D eigenvalue weighted by Crippen LogP contribution is 2.29. The molecule has 2 aromatic rings. The Morgan fingerprint density at radius 3 is 2.84 bits per heavy atom. The molecule has 3 rings (SSSR count). The third kappa shape index (κ3) is 3.45. The number of halogens is 1. The van der Waals surface area contributed by atoms with E-state index in [0.717, 1.165) is 5.41 Å². The highest BCUT2D eigenvalue weighted by Gasteiger charge is 2.21. The van der Waals surface area contributed by atoms with Crippen LogP contribution in [0.25, 0.3) is 12.2 Å². The topological polar surface area (TPSA) is 99.9 Å². The molecule has 8 heteroatoms. The fraction of sp³-hybridized carbons (Fsp3) is 0. The lowest BCUT2D eigenvalue weighted by Crippen LogP contribution is -2.13. The molecule has 6 nitrogen and oxygen atoms in total. The standard InChI is InChI=1S/C17H10ClN3O3S/c18-16-12(2-1-6-20-16)8-13(10-19)17(22)21-14-4-3-11-5-7-25(23,24)15(11)9-14/h1-9H,(H,21,22). The van der Waals surface area contributed by atoms with Crippen LogP contribution in [0.2, 0.25) is 5.15 Å². The zero-order valence-electron chi connectivity index (χ0n) is 12.6. The van der Waals surface area contributed by atoms with Crippen LogP contribution in [0.5, 0.6) is 0 Å². The Balaban J connectivity index is 1.88. The van der Waals surface area contributed by atoms with Gasteiger partial charge in [0.15, 0.2) is 0 Å². The minimum atomic E-state index is -3.48. The Labute approximate surface area is 149 Å². The number of rotatable bonds is 3. The van der Waals surface area contributed by atoms with Gasteiger partial charge in [-0.25, -0.2) is 13.4 Å². The Morgan fingerprint density at radius 1 is 1.32 bits per heavy atom. The molecule has 0 bridgehead atoms. The Kier molecular flexibility index (Phi) is 4.40. The van der Waals surface area contributed by atoms with Crippen molar-refractivity contribution in [2.24, 2.45) is 0 Å². The smallest absolute Gasteiger partial charge is 0.266 e. The van der Waals surface area contributed by atoms with Crippen LogP contribution in [0.4, 0.5) is 5.69 Å². The van der Waals surface area contributed by atoms with Crippen LogP contribution < -0.4 is 5.32 Å². The molecule has 0 atom stereocenters. The molecule has 0 fully saturated rings. The number of nitrogens with zero attached hydrogens (tertiary/aromatic N) is 2. The fourth-order valence-electron chi connectivity index (χ4n) is 2.24. The van der Waals surface area contributed by atoms with Gasteiger partial charge >= 0.3 is 0 Å². The summed E-state index contributed by atoms with van der Waals surface area (Å²) in [7, 11) is -3.48. The van der Waals surface area contributed by atoms with Crippen molar-refractivity contribution in [1.82, 2.24) is 4.98 Å². The molecule has 1 aromatic carbocycles. The van der Waals surface area contributed by atoms with Gasteiger partial charge in [0, 0.05) is 22.9 Å². The first-order valence-electron chi connectivity index (χ1n) is 7.01. The maximum atomic E-state index is 12.3. The third-order valence-electron chi connectivity index (χ3n) is 3.46. The molecule has 2 heterocycles. The molecule has 1 N–H and O–H groups in total. The number of carbonyl (C=O) groups excluding carboxylic acids is 1. The summed E-state index contributed by atoms with van der Waals surface area (Å²) in [5, 5.41) is 13.0. The third-order valence-corrected chi connectivity index (χ3v) is 5.23. The lowest BCUT2D eigenvalue weighted by Gasteiger charge is -2.07. The summed E-state index contributed by atoms with van der Waals surface area (Å²) >= 11 is 5.92. The average Bonchev–Trinajstić information content (AvgIpc) is 2.89. The molecule has 0 saturated carbocycles. The van der Waals surface area contributed by atoms with E-state index in [0.29, 0.717) is 11.1 Å². The summed E-state index contributed by atoms with van der Waals surface area (Å²) in [6.07, 6.45) is 4.29. The number of carbonyl (C=O) groups is 1. The first-order chi connectivity index (χ1) is 11.9. The van der Waals surface area contributed by atoms with E-state index in [2.05, 4.69) is 10.3 Å². The van der Waals surface area contributed by atoms with E-state index in [4.69, 9.17) is 11.6 Å². The van der Waals surface area contributed by atoms with Crippen LogP contribution in [-0.2, 0) is 14.6 Å². The van der Waals surface area contributed by atoms with Crippen LogP contribution in [0.15, 0.2) is 52.4 Å². The highest BCUT2D eigenvalue weighted by atomic mass is 35.5. The number of nitrogens with one attached hydrogen (secondary N) is 1. The normalized spacial score (nSPS) is 14.6. The van der Waals surface area contributed by atoms with E-state index in [1.165, 1.54) is 24.4 Å². The highest BCUT2D eigenvalue weighted by molar-refractivity contribution is 7.94. The van der Waals surface area contributed by atoms with Crippen LogP contribution in [-0.4, -0.2) is 19.3 Å². The Bertz CT molecular complexity index is 1080. The molecule has 0 aliphatic carbocycles. The molecular formula is C17H10ClN3O3S. The van der Waals surface area contributed by atoms with Crippen molar-refractivity contribution in [2.75, 3.05) is 5.32 Å². The zero-order valence-corrected chi connectivity index (χ0v) is 14.2. The Hall–Kier alpha value is -2.95. The molecular weight excluding hydrogens is 362 g/mol. The van der Waals surface area contributed by atoms with Crippen LogP contribution >= 0.6 is 11.6 Å². The molecule has 1 amide bonds. The first kappa shape index (κ1) is 16.9. The second kappa shape index (κ2) is 6.51. The molecule has 0 spiro atoms. The van der Waals surface area contributed by atoms with Gasteiger partial charge in [-0.3, -0.25) is 4.79 Å². The number of nitriles is 1. The van der Waals surface area contributed by atoms with E-state index in [1.54, 1.807) is 30.3 Å². The minimum absolute atomic E-state index is 0.114. The molecule has 0 unspecified atom stereocenters. The van der Waals surface area contributed by atoms with Crippen molar-refractivity contribution in [1.29, 1.82) is 5.26 Å². The summed E-state index contributed by atoms with van der Waals surface area (Å²) in [6, 6.07) is 9.55. The fourth-order valence-corrected chi connectivity index (χ4v) is 3.64. The number of aromatic nitrogens is 1. The number of pyridine rings is 1. The summed E-state index contributed by atoms with van der Waals surface area (Å²) < 4.78 is 23.7. The maximum absolute atomic E-state index is 12.3. The second-order valence-electron chi connectivity index (χ2n) is 5.11. The van der Waals surface area contributed by atoms with Gasteiger partial charge in [0.25, 0.3) is 5.91 Å². The van der Waals surface area contributed by atoms with Crippen LogP contribution in [0, 0.1) is 11.3 Å². The van der Waals surface area contributed by atoms with Gasteiger partial charge in [0.05, 0.1) is 4.90 Å². The minimum Gasteiger partial charge on any atom is -0.321 e. The lowest BCUT2D eigenvalue weighted by atomic mass is 10.1. The van der Waals surface area contributed by atoms with Crippen LogP contribution in [0.3, 0.4) is 0 Å². The van der Waals surface area contributed by atoms with Crippen molar-refractivity contribution in [3.8, 4) is 6.07 Å². The molecule has 1 aromatic heterocycles. The maximum Gasteiger partial charge on any atom is 0.266 e. The predicted octanol–water partition coefficient (Wildman–Crippen LogP) is 3.04. The number of amides is 1. The Morgan fingerprint density at radius 2 is 2.12 bits per heavy atom. The van der Waals surface area contributed by atoms with Gasteiger partial charge < -0.3 is 5.32 Å². The van der Waals surface area contributed by atoms with E-state index < -0.39 is 15.7 Å². The quantitative estimate of drug-likeness (QED) is 0.507. The van der Waals surface area contributed by atoms with Crippen molar-refractivity contribution >= 4 is 45.2 Å². The van der Waals surface area contributed by atoms with Crippen molar-refractivity contribution < 1.29 is 13.2 Å². The molecule has 25 heavy (non-hydrogen) atoms. The summed E-state index contributed by atoms with van der Waals surface area (Å²) in [5.41, 5.74) is 1.07. The number of benzene rings is 1. The summed E-state index contributed by atoms with van der Waals surface area (Å²) in [6.45, 7) is 0. The second-order valence-corrected chi connectivity index (χ2v) is 7.27. The summed E-state index contributed by atoms with van der Waals surface area (Å²) in [5.74, 6) is -0.675.